The number of hydrogen-bond donors (Lipinski definition) is 1. The van der Waals surface area contributed by atoms with Crippen LogP contribution in [0.4, 0.5) is 5.69 Å². The number of nitrogens with zero attached hydrogens (tertiary/aromatic N) is 1. The van der Waals surface area contributed by atoms with Gasteiger partial charge in [0.1, 0.15) is 0 Å². The molecule has 1 aliphatic rings. The van der Waals surface area contributed by atoms with Crippen molar-refractivity contribution in [1.29, 1.82) is 0 Å². The number of amides is 1. The average Bonchev–Trinajstić information content (AvgIpc) is 3.23. The Kier molecular flexibility index (Phi) is 4.76. The molecule has 120 valence electrons. The number of rotatable bonds is 5. The van der Waals surface area contributed by atoms with Crippen LogP contribution in [0.2, 0.25) is 0 Å². The van der Waals surface area contributed by atoms with E-state index in [-0.39, 0.29) is 24.3 Å². The maximum Gasteiger partial charge on any atom is 0.242 e. The maximum atomic E-state index is 12.5. The van der Waals surface area contributed by atoms with Crippen LogP contribution >= 0.6 is 11.3 Å². The number of hydrogen-bond acceptors (Lipinski definition) is 4. The summed E-state index contributed by atoms with van der Waals surface area (Å²) in [5.74, 6) is 0.167. The first-order valence-corrected chi connectivity index (χ1v) is 8.71. The molecule has 2 aromatic rings. The Hall–Kier alpha value is -2.14. The van der Waals surface area contributed by atoms with Crippen LogP contribution in [-0.4, -0.2) is 29.7 Å². The quantitative estimate of drug-likeness (QED) is 0.851. The first-order valence-electron chi connectivity index (χ1n) is 7.83. The average molecular weight is 328 g/mol. The summed E-state index contributed by atoms with van der Waals surface area (Å²) in [7, 11) is 0. The van der Waals surface area contributed by atoms with E-state index in [0.29, 0.717) is 5.56 Å². The van der Waals surface area contributed by atoms with Crippen LogP contribution in [0.15, 0.2) is 41.8 Å². The standard InChI is InChI=1S/C18H20N2O2S/c1-13(21)14-6-8-15(9-7-14)19-12-18(22)20-10-2-4-16(20)17-5-3-11-23-17/h3,5-9,11,16,19H,2,4,10,12H2,1H3/t16-/m0/s1. The van der Waals surface area contributed by atoms with Gasteiger partial charge in [0.25, 0.3) is 0 Å². The second-order valence-electron chi connectivity index (χ2n) is 5.75. The van der Waals surface area contributed by atoms with Gasteiger partial charge in [-0.2, -0.15) is 0 Å². The van der Waals surface area contributed by atoms with Crippen molar-refractivity contribution >= 4 is 28.7 Å². The fourth-order valence-electron chi connectivity index (χ4n) is 2.94. The van der Waals surface area contributed by atoms with Crippen LogP contribution in [0, 0.1) is 0 Å². The summed E-state index contributed by atoms with van der Waals surface area (Å²) in [4.78, 5) is 27.0. The second kappa shape index (κ2) is 6.96. The number of likely N-dealkylation sites (tertiary alicyclic amines) is 1. The third-order valence-corrected chi connectivity index (χ3v) is 5.15. The number of anilines is 1. The van der Waals surface area contributed by atoms with E-state index in [4.69, 9.17) is 0 Å². The number of Topliss-reactive ketones (excluding diaryl/α,β-unsaturated/α-hetero) is 1. The zero-order valence-electron chi connectivity index (χ0n) is 13.1. The summed E-state index contributed by atoms with van der Waals surface area (Å²) in [5, 5.41) is 5.21. The lowest BCUT2D eigenvalue weighted by Gasteiger charge is -2.24. The normalized spacial score (nSPS) is 17.3. The van der Waals surface area contributed by atoms with Gasteiger partial charge in [-0.25, -0.2) is 0 Å². The van der Waals surface area contributed by atoms with E-state index >= 15 is 0 Å². The molecule has 0 bridgehead atoms. The summed E-state index contributed by atoms with van der Waals surface area (Å²) in [6.45, 7) is 2.65. The van der Waals surface area contributed by atoms with Gasteiger partial charge < -0.3 is 10.2 Å². The molecule has 1 aromatic carbocycles. The van der Waals surface area contributed by atoms with E-state index in [1.807, 2.05) is 23.1 Å². The molecular weight excluding hydrogens is 308 g/mol. The smallest absolute Gasteiger partial charge is 0.242 e. The maximum absolute atomic E-state index is 12.5. The molecule has 1 saturated heterocycles. The van der Waals surface area contributed by atoms with Gasteiger partial charge in [-0.05, 0) is 55.5 Å². The molecule has 0 radical (unpaired) electrons. The third-order valence-electron chi connectivity index (χ3n) is 4.18. The number of nitrogens with one attached hydrogen (secondary N) is 1. The Balaban J connectivity index is 1.59. The zero-order valence-corrected chi connectivity index (χ0v) is 13.9. The predicted molar refractivity (Wildman–Crippen MR) is 92.9 cm³/mol. The van der Waals surface area contributed by atoms with Crippen LogP contribution in [-0.2, 0) is 4.79 Å². The van der Waals surface area contributed by atoms with Crippen molar-refractivity contribution < 1.29 is 9.59 Å². The molecule has 4 nitrogen and oxygen atoms in total. The molecule has 1 amide bonds. The highest BCUT2D eigenvalue weighted by Gasteiger charge is 2.30. The first kappa shape index (κ1) is 15.7. The van der Waals surface area contributed by atoms with E-state index in [1.54, 1.807) is 30.4 Å². The largest absolute Gasteiger partial charge is 0.376 e. The minimum atomic E-state index is 0.0449. The Morgan fingerprint density at radius 3 is 2.70 bits per heavy atom. The number of benzene rings is 1. The van der Waals surface area contributed by atoms with Gasteiger partial charge in [-0.1, -0.05) is 6.07 Å². The number of carbonyl (C=O) groups excluding carboxylic acids is 2. The van der Waals surface area contributed by atoms with Crippen molar-refractivity contribution in [2.75, 3.05) is 18.4 Å². The minimum absolute atomic E-state index is 0.0449. The third kappa shape index (κ3) is 3.62. The minimum Gasteiger partial charge on any atom is -0.376 e. The SMILES string of the molecule is CC(=O)c1ccc(NCC(=O)N2CCC[C@H]2c2cccs2)cc1. The fraction of sp³-hybridized carbons (Fsp3) is 0.333. The van der Waals surface area contributed by atoms with Crippen molar-refractivity contribution in [1.82, 2.24) is 4.90 Å². The molecule has 23 heavy (non-hydrogen) atoms. The predicted octanol–water partition coefficient (Wildman–Crippen LogP) is 3.73. The van der Waals surface area contributed by atoms with Crippen LogP contribution in [0.5, 0.6) is 0 Å². The van der Waals surface area contributed by atoms with Crippen molar-refractivity contribution in [2.45, 2.75) is 25.8 Å². The number of thiophene rings is 1. The molecule has 1 fully saturated rings. The van der Waals surface area contributed by atoms with Crippen molar-refractivity contribution in [2.24, 2.45) is 0 Å². The molecule has 0 spiro atoms. The van der Waals surface area contributed by atoms with Crippen molar-refractivity contribution in [3.8, 4) is 0 Å². The van der Waals surface area contributed by atoms with E-state index in [9.17, 15) is 9.59 Å². The molecular formula is C18H20N2O2S. The number of carbonyl (C=O) groups is 2. The summed E-state index contributed by atoms with van der Waals surface area (Å²) in [6.07, 6.45) is 2.10. The van der Waals surface area contributed by atoms with Gasteiger partial charge in [-0.15, -0.1) is 11.3 Å². The van der Waals surface area contributed by atoms with Crippen molar-refractivity contribution in [3.63, 3.8) is 0 Å². The van der Waals surface area contributed by atoms with E-state index in [1.165, 1.54) is 4.88 Å². The molecule has 1 atom stereocenters. The van der Waals surface area contributed by atoms with Gasteiger partial charge in [0.2, 0.25) is 5.91 Å². The zero-order chi connectivity index (χ0) is 16.2. The van der Waals surface area contributed by atoms with Gasteiger partial charge in [0.15, 0.2) is 5.78 Å². The first-order chi connectivity index (χ1) is 11.1. The van der Waals surface area contributed by atoms with Gasteiger partial charge >= 0.3 is 0 Å². The molecule has 0 saturated carbocycles. The van der Waals surface area contributed by atoms with Crippen molar-refractivity contribution in [3.05, 3.63) is 52.2 Å². The summed E-state index contributed by atoms with van der Waals surface area (Å²) in [6, 6.07) is 11.6. The van der Waals surface area contributed by atoms with Crippen LogP contribution in [0.3, 0.4) is 0 Å². The highest BCUT2D eigenvalue weighted by Crippen LogP contribution is 2.34. The Labute approximate surface area is 140 Å². The van der Waals surface area contributed by atoms with Gasteiger partial charge in [0, 0.05) is 22.7 Å². The highest BCUT2D eigenvalue weighted by molar-refractivity contribution is 7.10. The van der Waals surface area contributed by atoms with E-state index in [0.717, 1.165) is 25.1 Å². The molecule has 1 aliphatic heterocycles. The molecule has 2 heterocycles. The second-order valence-corrected chi connectivity index (χ2v) is 6.73. The topological polar surface area (TPSA) is 49.4 Å². The lowest BCUT2D eigenvalue weighted by molar-refractivity contribution is -0.130. The molecule has 5 heteroatoms. The molecule has 3 rings (SSSR count). The Morgan fingerprint density at radius 1 is 1.26 bits per heavy atom. The van der Waals surface area contributed by atoms with Crippen LogP contribution < -0.4 is 5.32 Å². The fourth-order valence-corrected chi connectivity index (χ4v) is 3.82. The van der Waals surface area contributed by atoms with Crippen LogP contribution in [0.1, 0.15) is 41.0 Å². The highest BCUT2D eigenvalue weighted by atomic mass is 32.1. The molecule has 0 unspecified atom stereocenters. The summed E-state index contributed by atoms with van der Waals surface area (Å²) in [5.41, 5.74) is 1.54. The summed E-state index contributed by atoms with van der Waals surface area (Å²) >= 11 is 1.71. The molecule has 0 aliphatic carbocycles. The van der Waals surface area contributed by atoms with E-state index < -0.39 is 0 Å². The lowest BCUT2D eigenvalue weighted by Crippen LogP contribution is -2.34. The van der Waals surface area contributed by atoms with E-state index in [2.05, 4.69) is 16.8 Å². The van der Waals surface area contributed by atoms with Crippen LogP contribution in [0.25, 0.3) is 0 Å². The Morgan fingerprint density at radius 2 is 2.04 bits per heavy atom. The van der Waals surface area contributed by atoms with Gasteiger partial charge in [-0.3, -0.25) is 9.59 Å². The van der Waals surface area contributed by atoms with Gasteiger partial charge in [0.05, 0.1) is 12.6 Å². The monoisotopic (exact) mass is 328 g/mol. The summed E-state index contributed by atoms with van der Waals surface area (Å²) < 4.78 is 0. The number of ketones is 1. The molecule has 1 N–H and O–H groups in total. The molecule has 1 aromatic heterocycles. The lowest BCUT2D eigenvalue weighted by atomic mass is 10.1. The Bertz CT molecular complexity index is 680.